The summed E-state index contributed by atoms with van der Waals surface area (Å²) in [5.41, 5.74) is -0.747. The van der Waals surface area contributed by atoms with Gasteiger partial charge < -0.3 is 5.32 Å². The fraction of sp³-hybridized carbons (Fsp3) is 0.235. The minimum atomic E-state index is -1.21. The molecule has 0 atom stereocenters. The topological polar surface area (TPSA) is 50.7 Å². The van der Waals surface area contributed by atoms with Crippen LogP contribution in [0.4, 0.5) is 23.2 Å². The first-order chi connectivity index (χ1) is 12.0. The van der Waals surface area contributed by atoms with E-state index in [-0.39, 0.29) is 22.9 Å². The molecule has 8 heteroatoms. The lowest BCUT2D eigenvalue weighted by molar-refractivity contribution is 0.445. The molecule has 2 aromatic heterocycles. The number of pyridine rings is 1. The molecule has 0 bridgehead atoms. The third-order valence-electron chi connectivity index (χ3n) is 4.29. The van der Waals surface area contributed by atoms with Gasteiger partial charge in [0.25, 0.3) is 0 Å². The maximum Gasteiger partial charge on any atom is 0.225 e. The molecule has 1 aliphatic carbocycles. The largest absolute Gasteiger partial charge is 0.380 e. The van der Waals surface area contributed by atoms with Crippen LogP contribution < -0.4 is 5.32 Å². The van der Waals surface area contributed by atoms with Gasteiger partial charge in [-0.2, -0.15) is 9.37 Å². The Morgan fingerprint density at radius 2 is 1.60 bits per heavy atom. The summed E-state index contributed by atoms with van der Waals surface area (Å²) in [5, 5.41) is 3.09. The van der Waals surface area contributed by atoms with Crippen molar-refractivity contribution in [1.29, 1.82) is 0 Å². The summed E-state index contributed by atoms with van der Waals surface area (Å²) in [4.78, 5) is 11.7. The molecule has 1 saturated carbocycles. The predicted molar refractivity (Wildman–Crippen MR) is 83.9 cm³/mol. The third kappa shape index (κ3) is 2.67. The van der Waals surface area contributed by atoms with Crippen LogP contribution in [0.15, 0.2) is 24.5 Å². The van der Waals surface area contributed by atoms with Gasteiger partial charge in [-0.15, -0.1) is 0 Å². The lowest BCUT2D eigenvalue weighted by Crippen LogP contribution is -2.28. The summed E-state index contributed by atoms with van der Waals surface area (Å²) < 4.78 is 56.4. The molecule has 1 aromatic carbocycles. The highest BCUT2D eigenvalue weighted by molar-refractivity contribution is 5.95. The normalized spacial score (nSPS) is 14.6. The smallest absolute Gasteiger partial charge is 0.225 e. The Bertz CT molecular complexity index is 949. The van der Waals surface area contributed by atoms with E-state index in [1.54, 1.807) is 0 Å². The van der Waals surface area contributed by atoms with E-state index < -0.39 is 34.5 Å². The van der Waals surface area contributed by atoms with Crippen molar-refractivity contribution in [1.82, 2.24) is 15.0 Å². The Kier molecular flexibility index (Phi) is 3.74. The van der Waals surface area contributed by atoms with Crippen molar-refractivity contribution in [3.8, 4) is 11.1 Å². The van der Waals surface area contributed by atoms with Gasteiger partial charge in [0.05, 0.1) is 16.8 Å². The zero-order chi connectivity index (χ0) is 17.6. The molecule has 0 aliphatic heterocycles. The molecule has 0 amide bonds. The second-order valence-corrected chi connectivity index (χ2v) is 5.90. The SMILES string of the molecule is Fc1cc(F)c(-c2c(F)nc3nccnc3c2NC2CCC2)c(F)c1. The number of benzene rings is 1. The van der Waals surface area contributed by atoms with Gasteiger partial charge in [0.2, 0.25) is 5.95 Å². The number of nitrogens with zero attached hydrogens (tertiary/aromatic N) is 3. The molecule has 25 heavy (non-hydrogen) atoms. The van der Waals surface area contributed by atoms with E-state index in [1.165, 1.54) is 12.4 Å². The zero-order valence-electron chi connectivity index (χ0n) is 12.9. The number of hydrogen-bond acceptors (Lipinski definition) is 4. The molecule has 4 nitrogen and oxygen atoms in total. The molecular weight excluding hydrogens is 336 g/mol. The van der Waals surface area contributed by atoms with Crippen LogP contribution in [0.1, 0.15) is 19.3 Å². The van der Waals surface area contributed by atoms with Crippen LogP contribution in [0.5, 0.6) is 0 Å². The summed E-state index contributed by atoms with van der Waals surface area (Å²) >= 11 is 0. The first kappa shape index (κ1) is 15.7. The number of aromatic nitrogens is 3. The Balaban J connectivity index is 2.02. The number of fused-ring (bicyclic) bond motifs is 1. The maximum atomic E-state index is 14.7. The van der Waals surface area contributed by atoms with E-state index >= 15 is 0 Å². The fourth-order valence-corrected chi connectivity index (χ4v) is 2.87. The standard InChI is InChI=1S/C17H12F4N4/c18-8-6-10(19)12(11(20)7-8)13-14(24-9-2-1-3-9)15-17(25-16(13)21)23-5-4-22-15/h4-7,9H,1-3H2,(H,23,24,25). The van der Waals surface area contributed by atoms with Crippen molar-refractivity contribution in [3.05, 3.63) is 47.9 Å². The summed E-state index contributed by atoms with van der Waals surface area (Å²) in [7, 11) is 0. The Labute approximate surface area is 139 Å². The van der Waals surface area contributed by atoms with E-state index in [9.17, 15) is 17.6 Å². The number of hydrogen-bond donors (Lipinski definition) is 1. The van der Waals surface area contributed by atoms with Crippen molar-refractivity contribution in [2.75, 3.05) is 5.32 Å². The first-order valence-corrected chi connectivity index (χ1v) is 7.76. The van der Waals surface area contributed by atoms with E-state index in [0.29, 0.717) is 12.1 Å². The maximum absolute atomic E-state index is 14.7. The van der Waals surface area contributed by atoms with Gasteiger partial charge in [-0.25, -0.2) is 23.1 Å². The molecule has 0 unspecified atom stereocenters. The minimum Gasteiger partial charge on any atom is -0.380 e. The highest BCUT2D eigenvalue weighted by Gasteiger charge is 2.27. The second kappa shape index (κ2) is 5.94. The number of nitrogens with one attached hydrogen (secondary N) is 1. The van der Waals surface area contributed by atoms with Crippen molar-refractivity contribution in [2.24, 2.45) is 0 Å². The number of halogens is 4. The Morgan fingerprint density at radius 1 is 0.920 bits per heavy atom. The minimum absolute atomic E-state index is 0.0218. The molecule has 128 valence electrons. The molecule has 3 aromatic rings. The number of anilines is 1. The fourth-order valence-electron chi connectivity index (χ4n) is 2.87. The van der Waals surface area contributed by atoms with Gasteiger partial charge in [-0.3, -0.25) is 0 Å². The molecule has 1 N–H and O–H groups in total. The van der Waals surface area contributed by atoms with E-state index in [2.05, 4.69) is 20.3 Å². The molecule has 0 saturated heterocycles. The molecule has 0 spiro atoms. The molecule has 1 aliphatic rings. The van der Waals surface area contributed by atoms with Crippen LogP contribution in [0.3, 0.4) is 0 Å². The van der Waals surface area contributed by atoms with Gasteiger partial charge in [0, 0.05) is 30.6 Å². The van der Waals surface area contributed by atoms with Gasteiger partial charge in [-0.05, 0) is 19.3 Å². The van der Waals surface area contributed by atoms with Crippen LogP contribution in [0, 0.1) is 23.4 Å². The van der Waals surface area contributed by atoms with Crippen LogP contribution in [0.2, 0.25) is 0 Å². The van der Waals surface area contributed by atoms with E-state index in [1.807, 2.05) is 0 Å². The summed E-state index contributed by atoms with van der Waals surface area (Å²) in [6.07, 6.45) is 5.43. The molecule has 0 radical (unpaired) electrons. The van der Waals surface area contributed by atoms with Crippen molar-refractivity contribution >= 4 is 16.9 Å². The third-order valence-corrected chi connectivity index (χ3v) is 4.29. The monoisotopic (exact) mass is 348 g/mol. The molecule has 4 rings (SSSR count). The van der Waals surface area contributed by atoms with Crippen LogP contribution in [0.25, 0.3) is 22.3 Å². The van der Waals surface area contributed by atoms with Gasteiger partial charge in [0.15, 0.2) is 5.65 Å². The Hall–Kier alpha value is -2.77. The van der Waals surface area contributed by atoms with Crippen LogP contribution >= 0.6 is 0 Å². The molecular formula is C17H12F4N4. The molecule has 2 heterocycles. The lowest BCUT2D eigenvalue weighted by Gasteiger charge is -2.29. The number of rotatable bonds is 3. The first-order valence-electron chi connectivity index (χ1n) is 7.76. The lowest BCUT2D eigenvalue weighted by atomic mass is 9.92. The average molecular weight is 348 g/mol. The van der Waals surface area contributed by atoms with Crippen LogP contribution in [-0.2, 0) is 0 Å². The molecule has 1 fully saturated rings. The van der Waals surface area contributed by atoms with Gasteiger partial charge >= 0.3 is 0 Å². The van der Waals surface area contributed by atoms with Crippen molar-refractivity contribution in [3.63, 3.8) is 0 Å². The van der Waals surface area contributed by atoms with E-state index in [0.717, 1.165) is 19.3 Å². The highest BCUT2D eigenvalue weighted by atomic mass is 19.1. The van der Waals surface area contributed by atoms with Crippen molar-refractivity contribution < 1.29 is 17.6 Å². The van der Waals surface area contributed by atoms with Gasteiger partial charge in [0.1, 0.15) is 23.0 Å². The predicted octanol–water partition coefficient (Wildman–Crippen LogP) is 4.21. The average Bonchev–Trinajstić information content (AvgIpc) is 2.51. The summed E-state index contributed by atoms with van der Waals surface area (Å²) in [6, 6.07) is 1.05. The van der Waals surface area contributed by atoms with Crippen LogP contribution in [-0.4, -0.2) is 21.0 Å². The Morgan fingerprint density at radius 3 is 2.24 bits per heavy atom. The van der Waals surface area contributed by atoms with Crippen molar-refractivity contribution in [2.45, 2.75) is 25.3 Å². The summed E-state index contributed by atoms with van der Waals surface area (Å²) in [5.74, 6) is -4.60. The summed E-state index contributed by atoms with van der Waals surface area (Å²) in [6.45, 7) is 0. The van der Waals surface area contributed by atoms with E-state index in [4.69, 9.17) is 0 Å². The highest BCUT2D eigenvalue weighted by Crippen LogP contribution is 2.39. The van der Waals surface area contributed by atoms with Gasteiger partial charge in [-0.1, -0.05) is 0 Å². The zero-order valence-corrected chi connectivity index (χ0v) is 12.9. The second-order valence-electron chi connectivity index (χ2n) is 5.90. The quantitative estimate of drug-likeness (QED) is 0.569.